The van der Waals surface area contributed by atoms with Gasteiger partial charge in [-0.05, 0) is 41.5 Å². The van der Waals surface area contributed by atoms with Crippen LogP contribution in [-0.2, 0) is 10.3 Å². The number of amidine groups is 1. The number of hydrogen-bond donors (Lipinski definition) is 1. The first-order valence-corrected chi connectivity index (χ1v) is 11.0. The van der Waals surface area contributed by atoms with Gasteiger partial charge in [0.25, 0.3) is 0 Å². The van der Waals surface area contributed by atoms with Crippen molar-refractivity contribution in [2.24, 2.45) is 10.7 Å². The van der Waals surface area contributed by atoms with Crippen LogP contribution < -0.4 is 10.5 Å². The van der Waals surface area contributed by atoms with Crippen molar-refractivity contribution in [3.8, 4) is 22.6 Å². The topological polar surface area (TPSA) is 82.6 Å². The van der Waals surface area contributed by atoms with Gasteiger partial charge in [0.15, 0.2) is 5.75 Å². The zero-order chi connectivity index (χ0) is 23.3. The van der Waals surface area contributed by atoms with Crippen LogP contribution in [-0.4, -0.2) is 22.4 Å². The van der Waals surface area contributed by atoms with Gasteiger partial charge in [0.1, 0.15) is 28.4 Å². The second-order valence-electron chi connectivity index (χ2n) is 8.16. The largest absolute Gasteiger partial charge is 0.455 e. The lowest BCUT2D eigenvalue weighted by atomic mass is 9.79. The summed E-state index contributed by atoms with van der Waals surface area (Å²) in [5.41, 5.74) is 8.75. The molecule has 2 N–H and O–H groups in total. The zero-order valence-electron chi connectivity index (χ0n) is 17.8. The number of aliphatic imine (C=N–C) groups is 1. The van der Waals surface area contributed by atoms with Gasteiger partial charge in [0, 0.05) is 22.9 Å². The van der Waals surface area contributed by atoms with Crippen LogP contribution in [0.25, 0.3) is 11.1 Å². The van der Waals surface area contributed by atoms with E-state index in [1.165, 1.54) is 6.20 Å². The highest BCUT2D eigenvalue weighted by atomic mass is 35.5. The third-order valence-corrected chi connectivity index (χ3v) is 6.35. The molecule has 2 aliphatic heterocycles. The first-order valence-electron chi connectivity index (χ1n) is 10.7. The molecule has 2 aromatic carbocycles. The molecule has 6 rings (SSSR count). The molecule has 8 heteroatoms. The Bertz CT molecular complexity index is 1450. The number of pyridine rings is 2. The molecule has 6 nitrogen and oxygen atoms in total. The SMILES string of the molecule is NC1=N[C@@]2(CO[C@H]1c1ccccc1)c1cc(-c3cccnc3F)ccc1Oc1cnc(Cl)cc12. The van der Waals surface area contributed by atoms with Gasteiger partial charge >= 0.3 is 0 Å². The minimum Gasteiger partial charge on any atom is -0.455 e. The van der Waals surface area contributed by atoms with Crippen LogP contribution >= 0.6 is 11.6 Å². The van der Waals surface area contributed by atoms with Crippen molar-refractivity contribution in [1.29, 1.82) is 0 Å². The first kappa shape index (κ1) is 20.8. The standard InChI is InChI=1S/C26H18ClFN4O2/c27-22-12-19-21(13-31-22)34-20-9-8-16(17-7-4-10-30-24(17)28)11-18(20)26(19)14-33-23(25(29)32-26)15-5-2-1-3-6-15/h1-13,23H,14H2,(H2,29,32)/t23-,26-/m0/s1. The number of nitrogens with zero attached hydrogens (tertiary/aromatic N) is 3. The van der Waals surface area contributed by atoms with E-state index in [4.69, 9.17) is 31.8 Å². The molecule has 0 unspecified atom stereocenters. The molecule has 34 heavy (non-hydrogen) atoms. The Labute approximate surface area is 199 Å². The molecule has 4 heterocycles. The minimum absolute atomic E-state index is 0.177. The monoisotopic (exact) mass is 472 g/mol. The van der Waals surface area contributed by atoms with E-state index in [2.05, 4.69) is 9.97 Å². The number of halogens is 2. The molecule has 0 saturated carbocycles. The highest BCUT2D eigenvalue weighted by molar-refractivity contribution is 6.29. The molecule has 168 valence electrons. The molecule has 0 aliphatic carbocycles. The Kier molecular flexibility index (Phi) is 4.83. The number of aromatic nitrogens is 2. The average Bonchev–Trinajstić information content (AvgIpc) is 2.86. The van der Waals surface area contributed by atoms with Crippen molar-refractivity contribution >= 4 is 17.4 Å². The van der Waals surface area contributed by atoms with Crippen molar-refractivity contribution in [3.63, 3.8) is 0 Å². The highest BCUT2D eigenvalue weighted by Gasteiger charge is 2.47. The molecule has 0 amide bonds. The van der Waals surface area contributed by atoms with Gasteiger partial charge in [-0.15, -0.1) is 0 Å². The third kappa shape index (κ3) is 3.24. The van der Waals surface area contributed by atoms with Crippen LogP contribution in [0.1, 0.15) is 22.8 Å². The van der Waals surface area contributed by atoms with Gasteiger partial charge in [-0.25, -0.2) is 9.97 Å². The molecule has 4 aromatic rings. The minimum atomic E-state index is -1.04. The smallest absolute Gasteiger partial charge is 0.220 e. The van der Waals surface area contributed by atoms with Crippen molar-refractivity contribution in [2.45, 2.75) is 11.6 Å². The van der Waals surface area contributed by atoms with E-state index in [-0.39, 0.29) is 6.61 Å². The van der Waals surface area contributed by atoms with E-state index in [1.54, 1.807) is 36.5 Å². The second kappa shape index (κ2) is 7.90. The van der Waals surface area contributed by atoms with Crippen LogP contribution in [0.2, 0.25) is 5.15 Å². The van der Waals surface area contributed by atoms with Gasteiger partial charge < -0.3 is 15.2 Å². The molecule has 0 fully saturated rings. The lowest BCUT2D eigenvalue weighted by molar-refractivity contribution is 0.0484. The van der Waals surface area contributed by atoms with Gasteiger partial charge in [0.2, 0.25) is 5.95 Å². The fraction of sp³-hybridized carbons (Fsp3) is 0.115. The quantitative estimate of drug-likeness (QED) is 0.394. The van der Waals surface area contributed by atoms with Crippen molar-refractivity contribution in [1.82, 2.24) is 9.97 Å². The fourth-order valence-electron chi connectivity index (χ4n) is 4.57. The number of benzene rings is 2. The highest BCUT2D eigenvalue weighted by Crippen LogP contribution is 2.52. The molecule has 0 radical (unpaired) electrons. The number of ether oxygens (including phenoxy) is 2. The maximum atomic E-state index is 14.5. The van der Waals surface area contributed by atoms with E-state index in [0.717, 1.165) is 5.56 Å². The Morgan fingerprint density at radius 1 is 0.971 bits per heavy atom. The second-order valence-corrected chi connectivity index (χ2v) is 8.54. The van der Waals surface area contributed by atoms with Crippen LogP contribution in [0.15, 0.2) is 84.1 Å². The van der Waals surface area contributed by atoms with Crippen molar-refractivity contribution in [2.75, 3.05) is 6.61 Å². The average molecular weight is 473 g/mol. The van der Waals surface area contributed by atoms with Gasteiger partial charge in [0.05, 0.1) is 12.8 Å². The van der Waals surface area contributed by atoms with Gasteiger partial charge in [-0.2, -0.15) is 4.39 Å². The first-order chi connectivity index (χ1) is 16.5. The Morgan fingerprint density at radius 3 is 2.59 bits per heavy atom. The Morgan fingerprint density at radius 2 is 1.79 bits per heavy atom. The third-order valence-electron chi connectivity index (χ3n) is 6.14. The molecule has 2 atom stereocenters. The molecule has 0 bridgehead atoms. The van der Waals surface area contributed by atoms with Crippen LogP contribution in [0.3, 0.4) is 0 Å². The summed E-state index contributed by atoms with van der Waals surface area (Å²) in [6, 6.07) is 20.2. The van der Waals surface area contributed by atoms with Crippen LogP contribution in [0.5, 0.6) is 11.5 Å². The van der Waals surface area contributed by atoms with Crippen LogP contribution in [0.4, 0.5) is 4.39 Å². The fourth-order valence-corrected chi connectivity index (χ4v) is 4.73. The van der Waals surface area contributed by atoms with E-state index >= 15 is 0 Å². The molecular weight excluding hydrogens is 455 g/mol. The lowest BCUT2D eigenvalue weighted by Gasteiger charge is -2.41. The summed E-state index contributed by atoms with van der Waals surface area (Å²) in [5, 5.41) is 0.290. The summed E-state index contributed by atoms with van der Waals surface area (Å²) in [4.78, 5) is 12.9. The lowest BCUT2D eigenvalue weighted by Crippen LogP contribution is -2.43. The van der Waals surface area contributed by atoms with Gasteiger partial charge in [-0.1, -0.05) is 48.0 Å². The van der Waals surface area contributed by atoms with Crippen molar-refractivity contribution in [3.05, 3.63) is 107 Å². The van der Waals surface area contributed by atoms with Crippen LogP contribution in [0, 0.1) is 5.95 Å². The molecule has 2 aliphatic rings. The number of rotatable bonds is 2. The van der Waals surface area contributed by atoms with Gasteiger partial charge in [-0.3, -0.25) is 4.99 Å². The maximum absolute atomic E-state index is 14.5. The Balaban J connectivity index is 1.56. The summed E-state index contributed by atoms with van der Waals surface area (Å²) in [7, 11) is 0. The molecule has 1 spiro atoms. The summed E-state index contributed by atoms with van der Waals surface area (Å²) in [6.45, 7) is 0.177. The zero-order valence-corrected chi connectivity index (χ0v) is 18.5. The Hall–Kier alpha value is -3.81. The molecular formula is C26H18ClFN4O2. The number of hydrogen-bond acceptors (Lipinski definition) is 6. The predicted octanol–water partition coefficient (Wildman–Crippen LogP) is 5.41. The number of nitrogens with two attached hydrogens (primary N) is 1. The molecule has 2 aromatic heterocycles. The predicted molar refractivity (Wildman–Crippen MR) is 126 cm³/mol. The van der Waals surface area contributed by atoms with E-state index in [0.29, 0.717) is 44.7 Å². The normalized spacial score (nSPS) is 20.8. The van der Waals surface area contributed by atoms with E-state index < -0.39 is 17.6 Å². The van der Waals surface area contributed by atoms with Crippen molar-refractivity contribution < 1.29 is 13.9 Å². The summed E-state index contributed by atoms with van der Waals surface area (Å²) in [5.74, 6) is 0.827. The number of fused-ring (bicyclic) bond motifs is 4. The summed E-state index contributed by atoms with van der Waals surface area (Å²) in [6.07, 6.45) is 2.49. The van der Waals surface area contributed by atoms with E-state index in [1.807, 2.05) is 36.4 Å². The summed E-state index contributed by atoms with van der Waals surface area (Å²) < 4.78 is 27.0. The van der Waals surface area contributed by atoms with E-state index in [9.17, 15) is 4.39 Å². The maximum Gasteiger partial charge on any atom is 0.220 e. The molecule has 0 saturated heterocycles. The summed E-state index contributed by atoms with van der Waals surface area (Å²) >= 11 is 6.27.